The molecule has 1 aliphatic heterocycles. The monoisotopic (exact) mass is 646 g/mol. The number of primary amides is 1. The highest BCUT2D eigenvalue weighted by Gasteiger charge is 2.36. The second-order valence-electron chi connectivity index (χ2n) is 12.5. The van der Waals surface area contributed by atoms with Gasteiger partial charge >= 0.3 is 0 Å². The molecule has 11 nitrogen and oxygen atoms in total. The molecule has 1 atom stereocenters. The first-order valence-corrected chi connectivity index (χ1v) is 15.8. The minimum Gasteiger partial charge on any atom is -0.368 e. The van der Waals surface area contributed by atoms with Crippen molar-refractivity contribution >= 4 is 46.6 Å². The number of rotatable bonds is 9. The third-order valence-corrected chi connectivity index (χ3v) is 9.51. The number of hydrogen-bond acceptors (Lipinski definition) is 7. The summed E-state index contributed by atoms with van der Waals surface area (Å²) in [6, 6.07) is 16.3. The van der Waals surface area contributed by atoms with Gasteiger partial charge in [0.05, 0.1) is 10.9 Å². The zero-order valence-electron chi connectivity index (χ0n) is 26.2. The van der Waals surface area contributed by atoms with Gasteiger partial charge in [0, 0.05) is 50.4 Å². The summed E-state index contributed by atoms with van der Waals surface area (Å²) in [5.74, 6) is 0.387. The Morgan fingerprint density at radius 1 is 0.978 bits per heavy atom. The number of anilines is 2. The molecule has 2 aromatic carbocycles. The second-order valence-corrected chi connectivity index (χ2v) is 12.5. The summed E-state index contributed by atoms with van der Waals surface area (Å²) < 4.78 is 0. The molecule has 1 saturated carbocycles. The lowest BCUT2D eigenvalue weighted by atomic mass is 9.81. The highest BCUT2D eigenvalue weighted by molar-refractivity contribution is 6.03. The van der Waals surface area contributed by atoms with Crippen molar-refractivity contribution < 1.29 is 9.59 Å². The first kappa shape index (κ1) is 33.2. The Hall–Kier alpha value is -4.19. The van der Waals surface area contributed by atoms with Gasteiger partial charge in [0.1, 0.15) is 11.9 Å². The van der Waals surface area contributed by atoms with Crippen LogP contribution in [-0.2, 0) is 16.0 Å². The summed E-state index contributed by atoms with van der Waals surface area (Å²) in [6.45, 7) is 4.44. The maximum Gasteiger partial charge on any atom is 0.271 e. The van der Waals surface area contributed by atoms with Crippen molar-refractivity contribution in [2.45, 2.75) is 38.1 Å². The molecule has 12 heteroatoms. The highest BCUT2D eigenvalue weighted by atomic mass is 35.5. The fourth-order valence-electron chi connectivity index (χ4n) is 6.70. The van der Waals surface area contributed by atoms with E-state index in [1.54, 1.807) is 23.1 Å². The Morgan fingerprint density at radius 2 is 1.72 bits per heavy atom. The van der Waals surface area contributed by atoms with Crippen molar-refractivity contribution in [3.05, 3.63) is 76.7 Å². The molecule has 2 fully saturated rings. The molecular weight excluding hydrogens is 604 g/mol. The normalized spacial score (nSPS) is 19.4. The summed E-state index contributed by atoms with van der Waals surface area (Å²) >= 11 is 0. The molecule has 1 aliphatic carbocycles. The summed E-state index contributed by atoms with van der Waals surface area (Å²) in [6.07, 6.45) is 5.24. The standard InChI is InChI=1S/C34H42N8O3.ClH/c1-40-13-15-41(16-14-40)31-19-26(11-12-37-31)25-4-2-3-23(17-25)18-30(32(36)43)42(34(45)24-7-5-22(21-35)6-8-24)27-9-10-28-29(20-27)38-39-33(28)44;/h2-4,9-12,17,19-20,22,24,30H,5-8,13-16,18,21,35H2,1H3,(H2,36,43)(H2,38,39,44);1H/t22?,24?,30-;/m0./s1. The van der Waals surface area contributed by atoms with Crippen LogP contribution in [-0.4, -0.2) is 77.7 Å². The maximum atomic E-state index is 14.3. The molecular formula is C34H43ClN8O3. The van der Waals surface area contributed by atoms with Gasteiger partial charge in [0.2, 0.25) is 11.8 Å². The first-order valence-electron chi connectivity index (χ1n) is 15.8. The topological polar surface area (TPSA) is 157 Å². The molecule has 0 bridgehead atoms. The molecule has 0 spiro atoms. The number of piperazine rings is 1. The molecule has 2 amide bonds. The second kappa shape index (κ2) is 14.5. The van der Waals surface area contributed by atoms with E-state index in [9.17, 15) is 14.4 Å². The minimum atomic E-state index is -0.929. The van der Waals surface area contributed by atoms with E-state index in [0.29, 0.717) is 41.9 Å². The number of H-pyrrole nitrogens is 2. The largest absolute Gasteiger partial charge is 0.368 e. The Morgan fingerprint density at radius 3 is 2.43 bits per heavy atom. The van der Waals surface area contributed by atoms with Gasteiger partial charge in [0.15, 0.2) is 0 Å². The highest BCUT2D eigenvalue weighted by Crippen LogP contribution is 2.33. The van der Waals surface area contributed by atoms with Gasteiger partial charge in [-0.25, -0.2) is 4.98 Å². The lowest BCUT2D eigenvalue weighted by molar-refractivity contribution is -0.127. The van der Waals surface area contributed by atoms with E-state index in [1.165, 1.54) is 0 Å². The number of carbonyl (C=O) groups excluding carboxylic acids is 2. The lowest BCUT2D eigenvalue weighted by Crippen LogP contribution is -2.52. The van der Waals surface area contributed by atoms with Crippen LogP contribution in [0.1, 0.15) is 31.2 Å². The van der Waals surface area contributed by atoms with Crippen molar-refractivity contribution in [3.8, 4) is 11.1 Å². The van der Waals surface area contributed by atoms with Crippen LogP contribution in [0.2, 0.25) is 0 Å². The van der Waals surface area contributed by atoms with Crippen LogP contribution in [0.25, 0.3) is 22.0 Å². The Labute approximate surface area is 274 Å². The number of pyridine rings is 1. The molecule has 0 radical (unpaired) electrons. The van der Waals surface area contributed by atoms with Crippen LogP contribution >= 0.6 is 12.4 Å². The Kier molecular flexibility index (Phi) is 10.5. The molecule has 6 N–H and O–H groups in total. The molecule has 6 rings (SSSR count). The number of nitrogens with zero attached hydrogens (tertiary/aromatic N) is 4. The van der Waals surface area contributed by atoms with Gasteiger partial charge in [-0.05, 0) is 92.2 Å². The number of carbonyl (C=O) groups is 2. The van der Waals surface area contributed by atoms with Crippen LogP contribution in [0.3, 0.4) is 0 Å². The van der Waals surface area contributed by atoms with Crippen molar-refractivity contribution in [1.29, 1.82) is 0 Å². The van der Waals surface area contributed by atoms with Crippen LogP contribution in [0.15, 0.2) is 65.6 Å². The predicted octanol–water partition coefficient (Wildman–Crippen LogP) is 3.29. The molecule has 46 heavy (non-hydrogen) atoms. The zero-order chi connectivity index (χ0) is 31.5. The van der Waals surface area contributed by atoms with Gasteiger partial charge in [-0.2, -0.15) is 0 Å². The molecule has 4 aromatic rings. The van der Waals surface area contributed by atoms with E-state index in [2.05, 4.69) is 44.2 Å². The van der Waals surface area contributed by atoms with E-state index in [1.807, 2.05) is 30.5 Å². The summed E-state index contributed by atoms with van der Waals surface area (Å²) in [7, 11) is 2.13. The number of benzene rings is 2. The third-order valence-electron chi connectivity index (χ3n) is 9.51. The molecule has 0 unspecified atom stereocenters. The van der Waals surface area contributed by atoms with E-state index < -0.39 is 11.9 Å². The van der Waals surface area contributed by atoms with Crippen molar-refractivity contribution in [3.63, 3.8) is 0 Å². The van der Waals surface area contributed by atoms with Gasteiger partial charge in [0.25, 0.3) is 5.56 Å². The number of fused-ring (bicyclic) bond motifs is 1. The molecule has 3 heterocycles. The average Bonchev–Trinajstić information content (AvgIpc) is 3.44. The number of aromatic nitrogens is 3. The van der Waals surface area contributed by atoms with Crippen molar-refractivity contribution in [2.75, 3.05) is 49.6 Å². The van der Waals surface area contributed by atoms with Gasteiger partial charge in [-0.15, -0.1) is 12.4 Å². The van der Waals surface area contributed by atoms with Crippen LogP contribution < -0.4 is 26.8 Å². The minimum absolute atomic E-state index is 0. The number of halogens is 1. The Bertz CT molecular complexity index is 1720. The number of nitrogens with two attached hydrogens (primary N) is 2. The zero-order valence-corrected chi connectivity index (χ0v) is 27.0. The van der Waals surface area contributed by atoms with E-state index in [0.717, 1.165) is 61.5 Å². The number of aromatic amines is 2. The number of nitrogens with one attached hydrogen (secondary N) is 2. The fourth-order valence-corrected chi connectivity index (χ4v) is 6.70. The Balaban J connectivity index is 0.00000417. The van der Waals surface area contributed by atoms with Gasteiger partial charge < -0.3 is 21.3 Å². The summed E-state index contributed by atoms with van der Waals surface area (Å²) in [5.41, 5.74) is 15.7. The first-order chi connectivity index (χ1) is 21.8. The van der Waals surface area contributed by atoms with E-state index in [4.69, 9.17) is 11.5 Å². The smallest absolute Gasteiger partial charge is 0.271 e. The molecule has 2 aromatic heterocycles. The van der Waals surface area contributed by atoms with Crippen LogP contribution in [0.5, 0.6) is 0 Å². The van der Waals surface area contributed by atoms with E-state index in [-0.39, 0.29) is 36.2 Å². The predicted molar refractivity (Wildman–Crippen MR) is 184 cm³/mol. The quantitative estimate of drug-likeness (QED) is 0.217. The average molecular weight is 647 g/mol. The van der Waals surface area contributed by atoms with Crippen molar-refractivity contribution in [2.24, 2.45) is 23.3 Å². The number of hydrogen-bond donors (Lipinski definition) is 4. The fraction of sp³-hybridized carbons (Fsp3) is 0.412. The lowest BCUT2D eigenvalue weighted by Gasteiger charge is -2.35. The maximum absolute atomic E-state index is 14.3. The van der Waals surface area contributed by atoms with Crippen LogP contribution in [0, 0.1) is 11.8 Å². The molecule has 244 valence electrons. The summed E-state index contributed by atoms with van der Waals surface area (Å²) in [5, 5.41) is 5.94. The number of likely N-dealkylation sites (N-methyl/N-ethyl adjacent to an activating group) is 1. The third kappa shape index (κ3) is 7.11. The SMILES string of the molecule is CN1CCN(c2cc(-c3cccc(C[C@@H](C(N)=O)N(C(=O)C4CCC(CN)CC4)c4ccc5c(=O)[nH][nH]c5c4)c3)ccn2)CC1.Cl. The van der Waals surface area contributed by atoms with Gasteiger partial charge in [-0.3, -0.25) is 29.5 Å². The molecule has 1 saturated heterocycles. The van der Waals surface area contributed by atoms with E-state index >= 15 is 0 Å². The molecule has 2 aliphatic rings. The summed E-state index contributed by atoms with van der Waals surface area (Å²) in [4.78, 5) is 50.5. The number of amides is 2. The van der Waals surface area contributed by atoms with Gasteiger partial charge in [-0.1, -0.05) is 24.3 Å². The van der Waals surface area contributed by atoms with Crippen molar-refractivity contribution in [1.82, 2.24) is 20.1 Å². The van der Waals surface area contributed by atoms with Crippen LogP contribution in [0.4, 0.5) is 11.5 Å².